The molecule has 3 aromatic rings. The van der Waals surface area contributed by atoms with Gasteiger partial charge < -0.3 is 4.40 Å². The van der Waals surface area contributed by atoms with Gasteiger partial charge in [-0.3, -0.25) is 4.90 Å². The van der Waals surface area contributed by atoms with Gasteiger partial charge in [-0.15, -0.1) is 0 Å². The van der Waals surface area contributed by atoms with Crippen molar-refractivity contribution >= 4 is 5.65 Å². The quantitative estimate of drug-likeness (QED) is 0.738. The van der Waals surface area contributed by atoms with Crippen molar-refractivity contribution in [1.29, 1.82) is 5.26 Å². The monoisotopic (exact) mass is 318 g/mol. The SMILES string of the molecule is Cc1ccc(-c2nc3ccc(C)cn3c2CC(C#N)N(C)C)cc1. The third-order valence-corrected chi connectivity index (χ3v) is 4.35. The zero-order valence-corrected chi connectivity index (χ0v) is 14.6. The van der Waals surface area contributed by atoms with Gasteiger partial charge in [-0.05, 0) is 39.6 Å². The molecule has 1 aromatic carbocycles. The lowest BCUT2D eigenvalue weighted by molar-refractivity contribution is 0.346. The van der Waals surface area contributed by atoms with E-state index in [0.29, 0.717) is 6.42 Å². The molecule has 0 saturated carbocycles. The van der Waals surface area contributed by atoms with Gasteiger partial charge >= 0.3 is 0 Å². The molecule has 4 heteroatoms. The Bertz CT molecular complexity index is 898. The molecule has 1 atom stereocenters. The van der Waals surface area contributed by atoms with E-state index in [0.717, 1.165) is 22.6 Å². The Morgan fingerprint density at radius 3 is 2.38 bits per heavy atom. The number of likely N-dealkylation sites (N-methyl/N-ethyl adjacent to an activating group) is 1. The van der Waals surface area contributed by atoms with Crippen LogP contribution in [0.25, 0.3) is 16.9 Å². The van der Waals surface area contributed by atoms with E-state index in [2.05, 4.69) is 60.8 Å². The van der Waals surface area contributed by atoms with E-state index in [1.165, 1.54) is 11.1 Å². The molecular weight excluding hydrogens is 296 g/mol. The Kier molecular flexibility index (Phi) is 4.37. The Hall–Kier alpha value is -2.64. The maximum absolute atomic E-state index is 9.50. The molecule has 0 aliphatic carbocycles. The van der Waals surface area contributed by atoms with Crippen LogP contribution in [0.2, 0.25) is 0 Å². The molecule has 0 radical (unpaired) electrons. The van der Waals surface area contributed by atoms with E-state index in [1.54, 1.807) is 0 Å². The molecule has 0 saturated heterocycles. The lowest BCUT2D eigenvalue weighted by Gasteiger charge is -2.17. The van der Waals surface area contributed by atoms with Crippen molar-refractivity contribution in [1.82, 2.24) is 14.3 Å². The van der Waals surface area contributed by atoms with E-state index in [-0.39, 0.29) is 6.04 Å². The summed E-state index contributed by atoms with van der Waals surface area (Å²) < 4.78 is 2.12. The minimum atomic E-state index is -0.186. The summed E-state index contributed by atoms with van der Waals surface area (Å²) >= 11 is 0. The molecule has 0 amide bonds. The van der Waals surface area contributed by atoms with Gasteiger partial charge in [0.05, 0.1) is 17.5 Å². The smallest absolute Gasteiger partial charge is 0.137 e. The normalized spacial score (nSPS) is 12.5. The van der Waals surface area contributed by atoms with Crippen LogP contribution in [-0.4, -0.2) is 34.4 Å². The summed E-state index contributed by atoms with van der Waals surface area (Å²) in [4.78, 5) is 6.79. The predicted octanol–water partition coefficient (Wildman–Crippen LogP) is 3.61. The van der Waals surface area contributed by atoms with E-state index in [4.69, 9.17) is 4.98 Å². The number of rotatable bonds is 4. The second-order valence-electron chi connectivity index (χ2n) is 6.52. The number of imidazole rings is 1. The van der Waals surface area contributed by atoms with Gasteiger partial charge in [0.25, 0.3) is 0 Å². The van der Waals surface area contributed by atoms with Gasteiger partial charge in [-0.1, -0.05) is 35.9 Å². The summed E-state index contributed by atoms with van der Waals surface area (Å²) in [6.07, 6.45) is 2.73. The Morgan fingerprint density at radius 2 is 1.75 bits per heavy atom. The van der Waals surface area contributed by atoms with Crippen LogP contribution >= 0.6 is 0 Å². The fraction of sp³-hybridized carbons (Fsp3) is 0.300. The fourth-order valence-corrected chi connectivity index (χ4v) is 2.86. The molecule has 0 N–H and O–H groups in total. The van der Waals surface area contributed by atoms with Gasteiger partial charge in [-0.25, -0.2) is 4.98 Å². The molecule has 0 aliphatic heterocycles. The highest BCUT2D eigenvalue weighted by atomic mass is 15.1. The highest BCUT2D eigenvalue weighted by Gasteiger charge is 2.19. The first-order valence-electron chi connectivity index (χ1n) is 8.10. The van der Waals surface area contributed by atoms with Crippen LogP contribution in [0.15, 0.2) is 42.6 Å². The zero-order valence-electron chi connectivity index (χ0n) is 14.6. The van der Waals surface area contributed by atoms with Gasteiger partial charge in [0, 0.05) is 18.2 Å². The largest absolute Gasteiger partial charge is 0.303 e. The van der Waals surface area contributed by atoms with Gasteiger partial charge in [-0.2, -0.15) is 5.26 Å². The standard InChI is InChI=1S/C20H22N4/c1-14-5-8-16(9-6-14)20-18(11-17(12-21)23(3)4)24-13-15(2)7-10-19(24)22-20/h5-10,13,17H,11H2,1-4H3. The molecule has 0 bridgehead atoms. The summed E-state index contributed by atoms with van der Waals surface area (Å²) in [5.74, 6) is 0. The minimum Gasteiger partial charge on any atom is -0.303 e. The van der Waals surface area contributed by atoms with E-state index in [1.807, 2.05) is 25.1 Å². The van der Waals surface area contributed by atoms with Crippen LogP contribution in [-0.2, 0) is 6.42 Å². The maximum Gasteiger partial charge on any atom is 0.137 e. The molecule has 2 heterocycles. The number of aromatic nitrogens is 2. The van der Waals surface area contributed by atoms with Crippen molar-refractivity contribution in [3.8, 4) is 17.3 Å². The molecule has 4 nitrogen and oxygen atoms in total. The van der Waals surface area contributed by atoms with Crippen LogP contribution in [0, 0.1) is 25.2 Å². The molecular formula is C20H22N4. The van der Waals surface area contributed by atoms with Crippen LogP contribution in [0.5, 0.6) is 0 Å². The fourth-order valence-electron chi connectivity index (χ4n) is 2.86. The first-order valence-corrected chi connectivity index (χ1v) is 8.10. The minimum absolute atomic E-state index is 0.186. The van der Waals surface area contributed by atoms with Crippen molar-refractivity contribution in [3.05, 3.63) is 59.4 Å². The number of nitriles is 1. The van der Waals surface area contributed by atoms with Crippen LogP contribution in [0.4, 0.5) is 0 Å². The average Bonchev–Trinajstić information content (AvgIpc) is 2.90. The zero-order chi connectivity index (χ0) is 17.3. The Labute approximate surface area is 143 Å². The van der Waals surface area contributed by atoms with Crippen molar-refractivity contribution in [3.63, 3.8) is 0 Å². The summed E-state index contributed by atoms with van der Waals surface area (Å²) in [5, 5.41) is 9.50. The average molecular weight is 318 g/mol. The molecule has 1 unspecified atom stereocenters. The Morgan fingerprint density at radius 1 is 1.08 bits per heavy atom. The van der Waals surface area contributed by atoms with Crippen LogP contribution in [0.3, 0.4) is 0 Å². The second kappa shape index (κ2) is 6.46. The first-order chi connectivity index (χ1) is 11.5. The van der Waals surface area contributed by atoms with Crippen molar-refractivity contribution in [2.75, 3.05) is 14.1 Å². The number of hydrogen-bond donors (Lipinski definition) is 0. The Balaban J connectivity index is 2.19. The van der Waals surface area contributed by atoms with Gasteiger partial charge in [0.1, 0.15) is 11.7 Å². The molecule has 2 aromatic heterocycles. The van der Waals surface area contributed by atoms with Crippen LogP contribution in [0.1, 0.15) is 16.8 Å². The molecule has 24 heavy (non-hydrogen) atoms. The highest BCUT2D eigenvalue weighted by Crippen LogP contribution is 2.27. The van der Waals surface area contributed by atoms with Gasteiger partial charge in [0.15, 0.2) is 0 Å². The summed E-state index contributed by atoms with van der Waals surface area (Å²) in [7, 11) is 3.88. The highest BCUT2D eigenvalue weighted by molar-refractivity contribution is 5.67. The number of benzene rings is 1. The lowest BCUT2D eigenvalue weighted by atomic mass is 10.0. The number of aryl methyl sites for hydroxylation is 2. The van der Waals surface area contributed by atoms with Crippen molar-refractivity contribution in [2.45, 2.75) is 26.3 Å². The summed E-state index contributed by atoms with van der Waals surface area (Å²) in [6, 6.07) is 14.7. The molecule has 0 fully saturated rings. The lowest BCUT2D eigenvalue weighted by Crippen LogP contribution is -2.29. The van der Waals surface area contributed by atoms with E-state index < -0.39 is 0 Å². The van der Waals surface area contributed by atoms with Gasteiger partial charge in [0.2, 0.25) is 0 Å². The van der Waals surface area contributed by atoms with Crippen LogP contribution < -0.4 is 0 Å². The van der Waals surface area contributed by atoms with Crippen molar-refractivity contribution in [2.24, 2.45) is 0 Å². The molecule has 0 aliphatic rings. The molecule has 122 valence electrons. The second-order valence-corrected chi connectivity index (χ2v) is 6.52. The first kappa shape index (κ1) is 16.2. The van der Waals surface area contributed by atoms with Crippen molar-refractivity contribution < 1.29 is 0 Å². The number of pyridine rings is 1. The van der Waals surface area contributed by atoms with E-state index >= 15 is 0 Å². The number of hydrogen-bond acceptors (Lipinski definition) is 3. The maximum atomic E-state index is 9.50. The van der Waals surface area contributed by atoms with E-state index in [9.17, 15) is 5.26 Å². The third-order valence-electron chi connectivity index (χ3n) is 4.35. The summed E-state index contributed by atoms with van der Waals surface area (Å²) in [6.45, 7) is 4.15. The predicted molar refractivity (Wildman–Crippen MR) is 96.9 cm³/mol. The molecule has 0 spiro atoms. The molecule has 3 rings (SSSR count). The number of fused-ring (bicyclic) bond motifs is 1. The topological polar surface area (TPSA) is 44.3 Å². The number of nitrogens with zero attached hydrogens (tertiary/aromatic N) is 4. The summed E-state index contributed by atoms with van der Waals surface area (Å²) in [5.41, 5.74) is 6.45. The third kappa shape index (κ3) is 3.04.